The van der Waals surface area contributed by atoms with Crippen LogP contribution in [-0.4, -0.2) is 29.0 Å². The van der Waals surface area contributed by atoms with Gasteiger partial charge in [-0.3, -0.25) is 4.90 Å². The van der Waals surface area contributed by atoms with Gasteiger partial charge in [0.15, 0.2) is 0 Å². The molecule has 0 radical (unpaired) electrons. The maximum absolute atomic E-state index is 5.74. The van der Waals surface area contributed by atoms with Gasteiger partial charge in [0.25, 0.3) is 0 Å². The van der Waals surface area contributed by atoms with Crippen LogP contribution in [-0.2, 0) is 0 Å². The topological polar surface area (TPSA) is 29.3 Å². The highest BCUT2D eigenvalue weighted by Crippen LogP contribution is 2.21. The molecule has 82 valence electrons. The van der Waals surface area contributed by atoms with Gasteiger partial charge in [0.05, 0.1) is 11.0 Å². The largest absolute Gasteiger partial charge is 0.392 e. The number of hydrogen-bond donors (Lipinski definition) is 1. The Morgan fingerprint density at radius 1 is 1.50 bits per heavy atom. The van der Waals surface area contributed by atoms with Crippen molar-refractivity contribution in [2.24, 2.45) is 11.7 Å². The van der Waals surface area contributed by atoms with Crippen molar-refractivity contribution in [2.75, 3.05) is 13.1 Å². The first-order chi connectivity index (χ1) is 6.69. The van der Waals surface area contributed by atoms with E-state index < -0.39 is 0 Å². The highest BCUT2D eigenvalue weighted by molar-refractivity contribution is 7.80. The Hall–Kier alpha value is -0.150. The summed E-state index contributed by atoms with van der Waals surface area (Å²) in [6.07, 6.45) is 4.94. The van der Waals surface area contributed by atoms with Crippen LogP contribution >= 0.6 is 12.2 Å². The lowest BCUT2D eigenvalue weighted by Crippen LogP contribution is -2.41. The van der Waals surface area contributed by atoms with Crippen molar-refractivity contribution < 1.29 is 0 Å². The smallest absolute Gasteiger partial charge is 0.0902 e. The molecule has 0 aromatic carbocycles. The zero-order valence-corrected chi connectivity index (χ0v) is 10.1. The molecular formula is C11H22N2S. The van der Waals surface area contributed by atoms with E-state index in [9.17, 15) is 0 Å². The molecule has 3 heteroatoms. The van der Waals surface area contributed by atoms with E-state index in [1.165, 1.54) is 32.4 Å². The van der Waals surface area contributed by atoms with Crippen LogP contribution < -0.4 is 5.73 Å². The van der Waals surface area contributed by atoms with Gasteiger partial charge in [-0.15, -0.1) is 0 Å². The van der Waals surface area contributed by atoms with E-state index in [4.69, 9.17) is 18.0 Å². The number of thiocarbonyl (C=S) groups is 1. The van der Waals surface area contributed by atoms with Gasteiger partial charge in [0, 0.05) is 6.54 Å². The van der Waals surface area contributed by atoms with E-state index >= 15 is 0 Å². The second-order valence-corrected chi connectivity index (χ2v) is 4.71. The van der Waals surface area contributed by atoms with Crippen molar-refractivity contribution in [1.82, 2.24) is 4.90 Å². The molecule has 1 unspecified atom stereocenters. The van der Waals surface area contributed by atoms with E-state index in [0.29, 0.717) is 11.0 Å². The van der Waals surface area contributed by atoms with Gasteiger partial charge in [-0.2, -0.15) is 0 Å². The zero-order valence-electron chi connectivity index (χ0n) is 9.33. The van der Waals surface area contributed by atoms with Gasteiger partial charge in [-0.1, -0.05) is 38.9 Å². The first-order valence-corrected chi connectivity index (χ1v) is 6.13. The minimum absolute atomic E-state index is 0.380. The summed E-state index contributed by atoms with van der Waals surface area (Å²) >= 11 is 5.09. The van der Waals surface area contributed by atoms with Crippen LogP contribution in [0.3, 0.4) is 0 Å². The number of nitrogens with zero attached hydrogens (tertiary/aromatic N) is 1. The predicted octanol–water partition coefficient (Wildman–Crippen LogP) is 2.17. The molecule has 2 N–H and O–H groups in total. The van der Waals surface area contributed by atoms with E-state index in [2.05, 4.69) is 18.7 Å². The van der Waals surface area contributed by atoms with Crippen molar-refractivity contribution in [1.29, 1.82) is 0 Å². The number of likely N-dealkylation sites (tertiary alicyclic amines) is 1. The maximum atomic E-state index is 5.74. The standard InChI is InChI=1S/C11H22N2S/c1-3-9(4-2)8-13-7-5-6-10(13)11(12)14/h9-10H,3-8H2,1-2H3,(H2,12,14). The summed E-state index contributed by atoms with van der Waals surface area (Å²) in [6, 6.07) is 0.380. The second kappa shape index (κ2) is 5.66. The first kappa shape index (κ1) is 11.9. The summed E-state index contributed by atoms with van der Waals surface area (Å²) in [7, 11) is 0. The lowest BCUT2D eigenvalue weighted by Gasteiger charge is -2.27. The van der Waals surface area contributed by atoms with E-state index in [1.54, 1.807) is 0 Å². The third-order valence-electron chi connectivity index (χ3n) is 3.34. The van der Waals surface area contributed by atoms with Crippen molar-refractivity contribution in [2.45, 2.75) is 45.6 Å². The molecular weight excluding hydrogens is 192 g/mol. The monoisotopic (exact) mass is 214 g/mol. The molecule has 0 bridgehead atoms. The fraction of sp³-hybridized carbons (Fsp3) is 0.909. The number of hydrogen-bond acceptors (Lipinski definition) is 2. The Morgan fingerprint density at radius 3 is 2.64 bits per heavy atom. The van der Waals surface area contributed by atoms with Gasteiger partial charge in [-0.05, 0) is 25.3 Å². The van der Waals surface area contributed by atoms with Crippen LogP contribution in [0.15, 0.2) is 0 Å². The molecule has 0 spiro atoms. The third-order valence-corrected chi connectivity index (χ3v) is 3.61. The molecule has 1 atom stereocenters. The molecule has 14 heavy (non-hydrogen) atoms. The summed E-state index contributed by atoms with van der Waals surface area (Å²) in [5, 5.41) is 0. The Morgan fingerprint density at radius 2 is 2.14 bits per heavy atom. The second-order valence-electron chi connectivity index (χ2n) is 4.24. The molecule has 1 heterocycles. The van der Waals surface area contributed by atoms with E-state index in [0.717, 1.165) is 12.3 Å². The SMILES string of the molecule is CCC(CC)CN1CCCC1C(N)=S. The summed E-state index contributed by atoms with van der Waals surface area (Å²) in [5.41, 5.74) is 5.74. The minimum atomic E-state index is 0.380. The molecule has 1 fully saturated rings. The van der Waals surface area contributed by atoms with Crippen LogP contribution in [0.25, 0.3) is 0 Å². The molecule has 0 amide bonds. The summed E-state index contributed by atoms with van der Waals surface area (Å²) in [4.78, 5) is 3.16. The normalized spacial score (nSPS) is 23.2. The van der Waals surface area contributed by atoms with E-state index in [-0.39, 0.29) is 0 Å². The molecule has 1 aliphatic rings. The highest BCUT2D eigenvalue weighted by Gasteiger charge is 2.27. The van der Waals surface area contributed by atoms with Crippen LogP contribution in [0.1, 0.15) is 39.5 Å². The first-order valence-electron chi connectivity index (χ1n) is 5.72. The predicted molar refractivity (Wildman–Crippen MR) is 65.5 cm³/mol. The minimum Gasteiger partial charge on any atom is -0.392 e. The van der Waals surface area contributed by atoms with Crippen LogP contribution in [0, 0.1) is 5.92 Å². The fourth-order valence-electron chi connectivity index (χ4n) is 2.25. The van der Waals surface area contributed by atoms with Gasteiger partial charge < -0.3 is 5.73 Å². The van der Waals surface area contributed by atoms with Gasteiger partial charge in [0.2, 0.25) is 0 Å². The molecule has 2 nitrogen and oxygen atoms in total. The zero-order chi connectivity index (χ0) is 10.6. The van der Waals surface area contributed by atoms with Crippen LogP contribution in [0.5, 0.6) is 0 Å². The molecule has 1 saturated heterocycles. The molecule has 1 rings (SSSR count). The molecule has 0 aliphatic carbocycles. The summed E-state index contributed by atoms with van der Waals surface area (Å²) in [6.45, 7) is 6.88. The summed E-state index contributed by atoms with van der Waals surface area (Å²) in [5.74, 6) is 0.810. The van der Waals surface area contributed by atoms with Crippen molar-refractivity contribution in [3.63, 3.8) is 0 Å². The molecule has 0 aromatic rings. The van der Waals surface area contributed by atoms with E-state index in [1.807, 2.05) is 0 Å². The van der Waals surface area contributed by atoms with Gasteiger partial charge in [0.1, 0.15) is 0 Å². The Bertz CT molecular complexity index is 190. The molecule has 1 aliphatic heterocycles. The fourth-order valence-corrected chi connectivity index (χ4v) is 2.51. The van der Waals surface area contributed by atoms with Gasteiger partial charge in [-0.25, -0.2) is 0 Å². The maximum Gasteiger partial charge on any atom is 0.0902 e. The van der Waals surface area contributed by atoms with Gasteiger partial charge >= 0.3 is 0 Å². The Balaban J connectivity index is 2.46. The third kappa shape index (κ3) is 2.92. The summed E-state index contributed by atoms with van der Waals surface area (Å²) < 4.78 is 0. The lowest BCUT2D eigenvalue weighted by molar-refractivity contribution is 0.243. The highest BCUT2D eigenvalue weighted by atomic mass is 32.1. The van der Waals surface area contributed by atoms with Crippen molar-refractivity contribution in [3.05, 3.63) is 0 Å². The average molecular weight is 214 g/mol. The molecule has 0 saturated carbocycles. The Kier molecular flexibility index (Phi) is 4.82. The van der Waals surface area contributed by atoms with Crippen molar-refractivity contribution >= 4 is 17.2 Å². The quantitative estimate of drug-likeness (QED) is 0.711. The number of nitrogens with two attached hydrogens (primary N) is 1. The lowest BCUT2D eigenvalue weighted by atomic mass is 10.0. The Labute approximate surface area is 92.8 Å². The van der Waals surface area contributed by atoms with Crippen molar-refractivity contribution in [3.8, 4) is 0 Å². The van der Waals surface area contributed by atoms with Crippen LogP contribution in [0.2, 0.25) is 0 Å². The average Bonchev–Trinajstić information content (AvgIpc) is 2.62. The van der Waals surface area contributed by atoms with Crippen LogP contribution in [0.4, 0.5) is 0 Å². The molecule has 0 aromatic heterocycles. The number of rotatable bonds is 5.